The van der Waals surface area contributed by atoms with Crippen LogP contribution in [0.2, 0.25) is 0 Å². The maximum Gasteiger partial charge on any atom is 0.131 e. The molecule has 318 valence electrons. The van der Waals surface area contributed by atoms with Gasteiger partial charge < -0.3 is 8.80 Å². The zero-order chi connectivity index (χ0) is 44.7. The van der Waals surface area contributed by atoms with Gasteiger partial charge in [0.15, 0.2) is 0 Å². The molecule has 4 nitrogen and oxygen atoms in total. The number of nitrogens with zero attached hydrogens (tertiary/aromatic N) is 4. The summed E-state index contributed by atoms with van der Waals surface area (Å²) in [5.74, 6) is 0. The van der Waals surface area contributed by atoms with Crippen LogP contribution in [0, 0.1) is 0 Å². The van der Waals surface area contributed by atoms with E-state index in [1.807, 2.05) is 0 Å². The molecule has 0 aliphatic heterocycles. The molecule has 0 N–H and O–H groups in total. The van der Waals surface area contributed by atoms with E-state index in [2.05, 4.69) is 273 Å². The van der Waals surface area contributed by atoms with Gasteiger partial charge in [-0.2, -0.15) is 0 Å². The van der Waals surface area contributed by atoms with Gasteiger partial charge in [-0.15, -0.1) is 0 Å². The van der Waals surface area contributed by atoms with Crippen molar-refractivity contribution >= 4 is 54.9 Å². The van der Waals surface area contributed by atoms with E-state index < -0.39 is 0 Å². The molecule has 0 atom stereocenters. The van der Waals surface area contributed by atoms with Gasteiger partial charge in [0.1, 0.15) is 11.3 Å². The lowest BCUT2D eigenvalue weighted by molar-refractivity contribution is 1.10. The third-order valence-corrected chi connectivity index (χ3v) is 14.0. The van der Waals surface area contributed by atoms with Crippen LogP contribution < -0.4 is 0 Å². The Morgan fingerprint density at radius 1 is 0.235 bits per heavy atom. The Balaban J connectivity index is 1.03. The van der Waals surface area contributed by atoms with E-state index in [9.17, 15) is 0 Å². The number of pyridine rings is 2. The van der Waals surface area contributed by atoms with E-state index in [4.69, 9.17) is 0 Å². The highest BCUT2D eigenvalue weighted by molar-refractivity contribution is 6.22. The van der Waals surface area contributed by atoms with Crippen LogP contribution in [-0.4, -0.2) is 17.9 Å². The average Bonchev–Trinajstić information content (AvgIpc) is 4.14. The van der Waals surface area contributed by atoms with Gasteiger partial charge >= 0.3 is 0 Å². The van der Waals surface area contributed by atoms with Crippen molar-refractivity contribution in [2.24, 2.45) is 0 Å². The van der Waals surface area contributed by atoms with E-state index in [0.29, 0.717) is 0 Å². The Kier molecular flexibility index (Phi) is 8.55. The van der Waals surface area contributed by atoms with Crippen molar-refractivity contribution in [2.75, 3.05) is 0 Å². The topological polar surface area (TPSA) is 18.7 Å². The third-order valence-electron chi connectivity index (χ3n) is 14.0. The smallest absolute Gasteiger partial charge is 0.131 e. The molecular weight excluding hydrogens is 825 g/mol. The maximum atomic E-state index is 2.46. The normalized spacial score (nSPS) is 11.8. The molecule has 0 radical (unpaired) electrons. The largest absolute Gasteiger partial charge is 0.302 e. The van der Waals surface area contributed by atoms with Crippen LogP contribution in [0.3, 0.4) is 0 Å². The summed E-state index contributed by atoms with van der Waals surface area (Å²) in [6.07, 6.45) is 4.42. The second kappa shape index (κ2) is 15.2. The van der Waals surface area contributed by atoms with E-state index in [-0.39, 0.29) is 0 Å². The van der Waals surface area contributed by atoms with Crippen molar-refractivity contribution in [3.8, 4) is 67.0 Å². The van der Waals surface area contributed by atoms with Gasteiger partial charge in [-0.3, -0.25) is 9.13 Å². The van der Waals surface area contributed by atoms with Crippen LogP contribution in [0.4, 0.5) is 0 Å². The molecule has 0 amide bonds. The van der Waals surface area contributed by atoms with Crippen molar-refractivity contribution in [3.63, 3.8) is 0 Å². The fraction of sp³-hybridized carbons (Fsp3) is 0. The molecule has 4 heteroatoms. The minimum atomic E-state index is 1.12. The predicted octanol–water partition coefficient (Wildman–Crippen LogP) is 16.7. The molecule has 6 aromatic heterocycles. The van der Waals surface area contributed by atoms with E-state index in [1.165, 1.54) is 99.2 Å². The van der Waals surface area contributed by atoms with Crippen LogP contribution in [0.15, 0.2) is 255 Å². The fourth-order valence-electron chi connectivity index (χ4n) is 11.0. The van der Waals surface area contributed by atoms with Crippen molar-refractivity contribution in [1.82, 2.24) is 17.9 Å². The minimum Gasteiger partial charge on any atom is -0.302 e. The monoisotopic (exact) mass is 866 g/mol. The summed E-state index contributed by atoms with van der Waals surface area (Å²) in [6.45, 7) is 0. The first-order valence-corrected chi connectivity index (χ1v) is 23.3. The van der Waals surface area contributed by atoms with E-state index in [0.717, 1.165) is 22.7 Å². The standard InChI is InChI=1S/C64H42N4/c1-5-17-43(18-6-1)45-27-33-51(34-28-45)67-55-37-31-49(41-53(55)61-59(47-21-9-3-10-22-47)57-25-13-15-39-65(57)63(61)67)50-32-38-56-54(42-50)62-60(48-23-11-4-12-24-48)58-26-14-16-40-66(58)64(62)68(56)52-35-29-46(30-36-52)44-19-7-2-8-20-44/h1-42H. The van der Waals surface area contributed by atoms with Crippen LogP contribution in [0.5, 0.6) is 0 Å². The summed E-state index contributed by atoms with van der Waals surface area (Å²) in [4.78, 5) is 0. The number of fused-ring (bicyclic) bond motifs is 10. The molecule has 0 fully saturated rings. The van der Waals surface area contributed by atoms with Gasteiger partial charge in [-0.25, -0.2) is 0 Å². The molecule has 0 aliphatic carbocycles. The number of hydrogen-bond donors (Lipinski definition) is 0. The van der Waals surface area contributed by atoms with E-state index in [1.54, 1.807) is 0 Å². The van der Waals surface area contributed by atoms with Crippen molar-refractivity contribution in [2.45, 2.75) is 0 Å². The highest BCUT2D eigenvalue weighted by atomic mass is 15.1. The van der Waals surface area contributed by atoms with Gasteiger partial charge in [0.2, 0.25) is 0 Å². The van der Waals surface area contributed by atoms with Crippen molar-refractivity contribution in [1.29, 1.82) is 0 Å². The molecule has 68 heavy (non-hydrogen) atoms. The zero-order valence-electron chi connectivity index (χ0n) is 37.0. The first-order valence-electron chi connectivity index (χ1n) is 23.3. The molecule has 0 unspecified atom stereocenters. The van der Waals surface area contributed by atoms with Crippen LogP contribution in [0.1, 0.15) is 0 Å². The summed E-state index contributed by atoms with van der Waals surface area (Å²) in [6, 6.07) is 88.4. The SMILES string of the molecule is c1ccc(-c2ccc(-n3c4ccc(-c5ccc6c(c5)c5c(-c7ccccc7)c7ccccn7c5n6-c5ccc(-c6ccccc6)cc5)cc4c4c(-c5ccccc5)c5ccccn5c43)cc2)cc1. The van der Waals surface area contributed by atoms with Crippen molar-refractivity contribution in [3.05, 3.63) is 255 Å². The minimum absolute atomic E-state index is 1.12. The average molecular weight is 867 g/mol. The van der Waals surface area contributed by atoms with Gasteiger partial charge in [0.05, 0.1) is 22.1 Å². The number of benzene rings is 8. The molecule has 14 aromatic rings. The van der Waals surface area contributed by atoms with E-state index >= 15 is 0 Å². The summed E-state index contributed by atoms with van der Waals surface area (Å²) in [5, 5.41) is 4.91. The van der Waals surface area contributed by atoms with Gasteiger partial charge in [0, 0.05) is 56.4 Å². The Hall–Kier alpha value is -9.12. The molecular formula is C64H42N4. The van der Waals surface area contributed by atoms with Crippen LogP contribution in [0.25, 0.3) is 122 Å². The number of hydrogen-bond acceptors (Lipinski definition) is 0. The molecule has 0 spiro atoms. The number of aromatic nitrogens is 4. The van der Waals surface area contributed by atoms with Gasteiger partial charge in [-0.1, -0.05) is 170 Å². The summed E-state index contributed by atoms with van der Waals surface area (Å²) >= 11 is 0. The fourth-order valence-corrected chi connectivity index (χ4v) is 11.0. The molecule has 6 heterocycles. The molecule has 8 aromatic carbocycles. The van der Waals surface area contributed by atoms with Gasteiger partial charge in [0.25, 0.3) is 0 Å². The highest BCUT2D eigenvalue weighted by Gasteiger charge is 2.26. The quantitative estimate of drug-likeness (QED) is 0.152. The second-order valence-corrected chi connectivity index (χ2v) is 17.8. The summed E-state index contributed by atoms with van der Waals surface area (Å²) in [5.41, 5.74) is 21.3. The zero-order valence-corrected chi connectivity index (χ0v) is 37.0. The lowest BCUT2D eigenvalue weighted by atomic mass is 9.97. The first-order chi connectivity index (χ1) is 33.8. The molecule has 14 rings (SSSR count). The third kappa shape index (κ3) is 5.81. The predicted molar refractivity (Wildman–Crippen MR) is 284 cm³/mol. The van der Waals surface area contributed by atoms with Crippen LogP contribution >= 0.6 is 0 Å². The Morgan fingerprint density at radius 3 is 0.941 bits per heavy atom. The van der Waals surface area contributed by atoms with Crippen LogP contribution in [-0.2, 0) is 0 Å². The molecule has 0 aliphatic rings. The Labute approximate surface area is 393 Å². The molecule has 0 bridgehead atoms. The summed E-state index contributed by atoms with van der Waals surface area (Å²) in [7, 11) is 0. The first kappa shape index (κ1) is 38.2. The lowest BCUT2D eigenvalue weighted by Crippen LogP contribution is -1.97. The van der Waals surface area contributed by atoms with Crippen molar-refractivity contribution < 1.29 is 0 Å². The Bertz CT molecular complexity index is 3920. The second-order valence-electron chi connectivity index (χ2n) is 17.8. The lowest BCUT2D eigenvalue weighted by Gasteiger charge is -2.12. The molecule has 0 saturated heterocycles. The molecule has 0 saturated carbocycles. The Morgan fingerprint density at radius 2 is 0.559 bits per heavy atom. The maximum absolute atomic E-state index is 2.46. The summed E-state index contributed by atoms with van der Waals surface area (Å²) < 4.78 is 9.67. The number of rotatable bonds is 7. The highest BCUT2D eigenvalue weighted by Crippen LogP contribution is 2.47. The van der Waals surface area contributed by atoms with Gasteiger partial charge in [-0.05, 0) is 117 Å².